The van der Waals surface area contributed by atoms with Gasteiger partial charge in [-0.25, -0.2) is 0 Å². The predicted octanol–water partition coefficient (Wildman–Crippen LogP) is 2.65. The van der Waals surface area contributed by atoms with E-state index in [1.165, 1.54) is 0 Å². The molecular weight excluding hydrogens is 328 g/mol. The minimum absolute atomic E-state index is 0.149. The zero-order valence-electron chi connectivity index (χ0n) is 16.5. The van der Waals surface area contributed by atoms with Crippen LogP contribution in [-0.4, -0.2) is 47.9 Å². The highest BCUT2D eigenvalue weighted by Crippen LogP contribution is 2.48. The van der Waals surface area contributed by atoms with Crippen LogP contribution in [0.1, 0.15) is 58.6 Å². The van der Waals surface area contributed by atoms with E-state index in [1.54, 1.807) is 12.4 Å². The third-order valence-corrected chi connectivity index (χ3v) is 5.64. The molecule has 3 N–H and O–H groups in total. The summed E-state index contributed by atoms with van der Waals surface area (Å²) in [6.45, 7) is 10.4. The van der Waals surface area contributed by atoms with E-state index >= 15 is 0 Å². The fourth-order valence-electron chi connectivity index (χ4n) is 3.94. The lowest BCUT2D eigenvalue weighted by molar-refractivity contribution is -0.133. The van der Waals surface area contributed by atoms with Gasteiger partial charge in [0.25, 0.3) is 0 Å². The van der Waals surface area contributed by atoms with Crippen LogP contribution in [0.15, 0.2) is 29.5 Å². The largest absolute Gasteiger partial charge is 0.386 e. The number of aliphatic hydroxyl groups excluding tert-OH is 1. The summed E-state index contributed by atoms with van der Waals surface area (Å²) in [4.78, 5) is 8.58. The summed E-state index contributed by atoms with van der Waals surface area (Å²) >= 11 is 0. The van der Waals surface area contributed by atoms with E-state index in [1.807, 2.05) is 19.1 Å². The molecule has 1 fully saturated rings. The Bertz CT molecular complexity index is 560. The quantitative estimate of drug-likeness (QED) is 0.465. The minimum atomic E-state index is -0.631. The van der Waals surface area contributed by atoms with Crippen molar-refractivity contribution in [1.82, 2.24) is 15.6 Å². The number of nitrogens with one attached hydrogen (secondary N) is 2. The van der Waals surface area contributed by atoms with Crippen LogP contribution in [0.3, 0.4) is 0 Å². The summed E-state index contributed by atoms with van der Waals surface area (Å²) in [5.74, 6) is 0.756. The average Bonchev–Trinajstić information content (AvgIpc) is 2.66. The summed E-state index contributed by atoms with van der Waals surface area (Å²) in [6.07, 6.45) is 6.19. The highest BCUT2D eigenvalue weighted by Gasteiger charge is 2.53. The summed E-state index contributed by atoms with van der Waals surface area (Å²) < 4.78 is 5.96. The lowest BCUT2D eigenvalue weighted by Gasteiger charge is -2.55. The molecular formula is C20H34N4O2. The Kier molecular flexibility index (Phi) is 7.85. The number of ether oxygens (including phenoxy) is 1. The fraction of sp³-hybridized carbons (Fsp3) is 0.700. The van der Waals surface area contributed by atoms with Crippen molar-refractivity contribution in [3.63, 3.8) is 0 Å². The van der Waals surface area contributed by atoms with E-state index < -0.39 is 6.10 Å². The molecule has 0 bridgehead atoms. The Morgan fingerprint density at radius 2 is 2.00 bits per heavy atom. The van der Waals surface area contributed by atoms with Crippen molar-refractivity contribution in [3.8, 4) is 0 Å². The molecule has 146 valence electrons. The molecule has 2 rings (SSSR count). The number of aliphatic imine (C=N–C) groups is 1. The number of guanidine groups is 1. The van der Waals surface area contributed by atoms with Gasteiger partial charge in [-0.1, -0.05) is 13.8 Å². The number of hydrogen-bond donors (Lipinski definition) is 3. The first-order valence-electron chi connectivity index (χ1n) is 9.85. The predicted molar refractivity (Wildman–Crippen MR) is 105 cm³/mol. The summed E-state index contributed by atoms with van der Waals surface area (Å²) in [6, 6.07) is 3.97. The Hall–Kier alpha value is -1.66. The minimum Gasteiger partial charge on any atom is -0.386 e. The summed E-state index contributed by atoms with van der Waals surface area (Å²) in [5.41, 5.74) is 0.978. The molecule has 0 amide bonds. The standard InChI is InChI=1S/C20H34N4O2/c1-5-20(6-2)17(13-18(20)26-8-4)24-19(22-7-3)23-14-16(25)15-9-11-21-12-10-15/h9-12,16-18,25H,5-8,13-14H2,1-4H3,(H2,22,23,24). The number of hydrogen-bond acceptors (Lipinski definition) is 4. The van der Waals surface area contributed by atoms with Crippen molar-refractivity contribution in [2.45, 2.75) is 65.2 Å². The first-order chi connectivity index (χ1) is 12.6. The Morgan fingerprint density at radius 1 is 1.31 bits per heavy atom. The van der Waals surface area contributed by atoms with E-state index in [9.17, 15) is 5.11 Å². The molecule has 0 radical (unpaired) electrons. The second-order valence-corrected chi connectivity index (χ2v) is 6.83. The molecule has 0 aliphatic heterocycles. The van der Waals surface area contributed by atoms with Gasteiger partial charge < -0.3 is 20.5 Å². The maximum Gasteiger partial charge on any atom is 0.191 e. The van der Waals surface area contributed by atoms with Gasteiger partial charge in [0.1, 0.15) is 0 Å². The highest BCUT2D eigenvalue weighted by molar-refractivity contribution is 5.80. The van der Waals surface area contributed by atoms with Gasteiger partial charge in [-0.3, -0.25) is 9.98 Å². The fourth-order valence-corrected chi connectivity index (χ4v) is 3.94. The van der Waals surface area contributed by atoms with Crippen LogP contribution in [0.25, 0.3) is 0 Å². The van der Waals surface area contributed by atoms with Gasteiger partial charge in [0.05, 0.1) is 18.8 Å². The van der Waals surface area contributed by atoms with Gasteiger partial charge in [0.15, 0.2) is 5.96 Å². The van der Waals surface area contributed by atoms with E-state index in [4.69, 9.17) is 4.74 Å². The SMILES string of the molecule is CCNC(=NCC(O)c1ccncc1)NC1CC(OCC)C1(CC)CC. The van der Waals surface area contributed by atoms with Crippen LogP contribution in [0.2, 0.25) is 0 Å². The van der Waals surface area contributed by atoms with Crippen LogP contribution in [0.4, 0.5) is 0 Å². The molecule has 26 heavy (non-hydrogen) atoms. The Labute approximate surface area is 157 Å². The molecule has 0 spiro atoms. The molecule has 0 aromatic carbocycles. The first-order valence-corrected chi connectivity index (χ1v) is 9.85. The highest BCUT2D eigenvalue weighted by atomic mass is 16.5. The van der Waals surface area contributed by atoms with Gasteiger partial charge in [0.2, 0.25) is 0 Å². The van der Waals surface area contributed by atoms with Crippen LogP contribution in [0, 0.1) is 5.41 Å². The molecule has 1 aliphatic rings. The van der Waals surface area contributed by atoms with Gasteiger partial charge in [-0.2, -0.15) is 0 Å². The normalized spacial score (nSPS) is 23.2. The van der Waals surface area contributed by atoms with Crippen molar-refractivity contribution in [2.24, 2.45) is 10.4 Å². The smallest absolute Gasteiger partial charge is 0.191 e. The molecule has 1 aromatic heterocycles. The monoisotopic (exact) mass is 362 g/mol. The molecule has 1 saturated carbocycles. The Morgan fingerprint density at radius 3 is 2.58 bits per heavy atom. The van der Waals surface area contributed by atoms with Crippen LogP contribution in [-0.2, 0) is 4.74 Å². The third-order valence-electron chi connectivity index (χ3n) is 5.64. The third kappa shape index (κ3) is 4.54. The average molecular weight is 363 g/mol. The molecule has 6 nitrogen and oxygen atoms in total. The number of pyridine rings is 1. The molecule has 1 heterocycles. The van der Waals surface area contributed by atoms with Crippen LogP contribution in [0.5, 0.6) is 0 Å². The summed E-state index contributed by atoms with van der Waals surface area (Å²) in [7, 11) is 0. The van der Waals surface area contributed by atoms with E-state index in [0.717, 1.165) is 43.9 Å². The van der Waals surface area contributed by atoms with E-state index in [0.29, 0.717) is 18.7 Å². The van der Waals surface area contributed by atoms with Crippen molar-refractivity contribution in [2.75, 3.05) is 19.7 Å². The van der Waals surface area contributed by atoms with Gasteiger partial charge in [-0.05, 0) is 50.8 Å². The zero-order chi connectivity index (χ0) is 19.0. The lowest BCUT2D eigenvalue weighted by atomic mass is 9.58. The maximum absolute atomic E-state index is 10.3. The molecule has 3 unspecified atom stereocenters. The summed E-state index contributed by atoms with van der Waals surface area (Å²) in [5, 5.41) is 17.2. The zero-order valence-corrected chi connectivity index (χ0v) is 16.5. The van der Waals surface area contributed by atoms with Crippen LogP contribution >= 0.6 is 0 Å². The number of rotatable bonds is 9. The number of aliphatic hydroxyl groups is 1. The van der Waals surface area contributed by atoms with Gasteiger partial charge in [0, 0.05) is 37.0 Å². The molecule has 0 saturated heterocycles. The van der Waals surface area contributed by atoms with Crippen molar-refractivity contribution >= 4 is 5.96 Å². The van der Waals surface area contributed by atoms with Gasteiger partial charge in [-0.15, -0.1) is 0 Å². The van der Waals surface area contributed by atoms with Crippen molar-refractivity contribution in [3.05, 3.63) is 30.1 Å². The lowest BCUT2D eigenvalue weighted by Crippen LogP contribution is -2.65. The van der Waals surface area contributed by atoms with E-state index in [2.05, 4.69) is 41.4 Å². The maximum atomic E-state index is 10.3. The number of aromatic nitrogens is 1. The van der Waals surface area contributed by atoms with Gasteiger partial charge >= 0.3 is 0 Å². The molecule has 1 aromatic rings. The van der Waals surface area contributed by atoms with Crippen molar-refractivity contribution < 1.29 is 9.84 Å². The number of nitrogens with zero attached hydrogens (tertiary/aromatic N) is 2. The Balaban J connectivity index is 2.03. The second-order valence-electron chi connectivity index (χ2n) is 6.83. The molecule has 3 atom stereocenters. The van der Waals surface area contributed by atoms with Crippen molar-refractivity contribution in [1.29, 1.82) is 0 Å². The molecule has 6 heteroatoms. The topological polar surface area (TPSA) is 78.8 Å². The second kappa shape index (κ2) is 9.88. The molecule has 1 aliphatic carbocycles. The van der Waals surface area contributed by atoms with Crippen LogP contribution < -0.4 is 10.6 Å². The first kappa shape index (κ1) is 20.6. The van der Waals surface area contributed by atoms with E-state index in [-0.39, 0.29) is 5.41 Å².